The number of hydrogen-bond acceptors (Lipinski definition) is 5. The van der Waals surface area contributed by atoms with Crippen molar-refractivity contribution in [2.45, 2.75) is 26.2 Å². The van der Waals surface area contributed by atoms with E-state index in [9.17, 15) is 0 Å². The summed E-state index contributed by atoms with van der Waals surface area (Å²) in [6, 6.07) is 6.13. The molecule has 1 aromatic carbocycles. The van der Waals surface area contributed by atoms with E-state index in [4.69, 9.17) is 4.52 Å². The summed E-state index contributed by atoms with van der Waals surface area (Å²) in [5.74, 6) is 1.51. The molecule has 7 nitrogen and oxygen atoms in total. The Morgan fingerprint density at radius 1 is 1.25 bits per heavy atom. The minimum atomic E-state index is 0.340. The van der Waals surface area contributed by atoms with E-state index in [0.717, 1.165) is 27.7 Å². The van der Waals surface area contributed by atoms with Crippen molar-refractivity contribution in [2.24, 2.45) is 7.05 Å². The maximum atomic E-state index is 5.48. The fourth-order valence-corrected chi connectivity index (χ4v) is 2.85. The van der Waals surface area contributed by atoms with Gasteiger partial charge >= 0.3 is 0 Å². The van der Waals surface area contributed by atoms with Gasteiger partial charge in [0.05, 0.1) is 17.9 Å². The summed E-state index contributed by atoms with van der Waals surface area (Å²) in [4.78, 5) is 4.56. The van der Waals surface area contributed by atoms with Crippen LogP contribution in [0.4, 0.5) is 0 Å². The predicted molar refractivity (Wildman–Crippen MR) is 89.5 cm³/mol. The van der Waals surface area contributed by atoms with Crippen molar-refractivity contribution in [3.8, 4) is 11.6 Å². The van der Waals surface area contributed by atoms with Crippen LogP contribution in [-0.4, -0.2) is 30.1 Å². The molecular weight excluding hydrogens is 304 g/mol. The lowest BCUT2D eigenvalue weighted by atomic mass is 10.0. The van der Waals surface area contributed by atoms with Gasteiger partial charge in [0.2, 0.25) is 0 Å². The normalized spacial score (nSPS) is 11.7. The molecule has 0 spiro atoms. The van der Waals surface area contributed by atoms with E-state index in [2.05, 4.69) is 45.4 Å². The molecule has 0 bridgehead atoms. The van der Waals surface area contributed by atoms with Gasteiger partial charge in [0.25, 0.3) is 5.89 Å². The first-order chi connectivity index (χ1) is 11.6. The molecule has 4 rings (SSSR count). The number of H-pyrrole nitrogens is 1. The van der Waals surface area contributed by atoms with Crippen LogP contribution in [-0.2, 0) is 13.5 Å². The molecule has 0 saturated carbocycles. The van der Waals surface area contributed by atoms with E-state index in [1.165, 1.54) is 0 Å². The van der Waals surface area contributed by atoms with Gasteiger partial charge in [-0.2, -0.15) is 15.2 Å². The lowest BCUT2D eigenvalue weighted by molar-refractivity contribution is 0.420. The van der Waals surface area contributed by atoms with Gasteiger partial charge in [-0.3, -0.25) is 9.78 Å². The number of nitrogens with zero attached hydrogens (tertiary/aromatic N) is 5. The molecule has 1 N–H and O–H groups in total. The van der Waals surface area contributed by atoms with E-state index in [-0.39, 0.29) is 0 Å². The summed E-state index contributed by atoms with van der Waals surface area (Å²) in [6.07, 6.45) is 4.28. The summed E-state index contributed by atoms with van der Waals surface area (Å²) in [6.45, 7) is 4.25. The highest BCUT2D eigenvalue weighted by atomic mass is 16.5. The van der Waals surface area contributed by atoms with Crippen LogP contribution >= 0.6 is 0 Å². The molecule has 0 atom stereocenters. The first-order valence-corrected chi connectivity index (χ1v) is 7.88. The first-order valence-electron chi connectivity index (χ1n) is 7.88. The minimum absolute atomic E-state index is 0.340. The first kappa shape index (κ1) is 14.6. The highest BCUT2D eigenvalue weighted by molar-refractivity contribution is 5.78. The fourth-order valence-electron chi connectivity index (χ4n) is 2.85. The van der Waals surface area contributed by atoms with Gasteiger partial charge in [-0.05, 0) is 23.6 Å². The van der Waals surface area contributed by atoms with Crippen molar-refractivity contribution < 1.29 is 4.52 Å². The third kappa shape index (κ3) is 2.47. The van der Waals surface area contributed by atoms with Crippen LogP contribution in [0.2, 0.25) is 0 Å². The molecule has 0 aliphatic rings. The van der Waals surface area contributed by atoms with Crippen LogP contribution in [0, 0.1) is 0 Å². The Kier molecular flexibility index (Phi) is 3.41. The van der Waals surface area contributed by atoms with Crippen molar-refractivity contribution in [2.75, 3.05) is 0 Å². The SMILES string of the molecule is CC(C)c1cnn(C)c1-c1nc(Cc2ccc3[nH]ncc3c2)no1. The van der Waals surface area contributed by atoms with Crippen molar-refractivity contribution in [3.05, 3.63) is 47.5 Å². The molecule has 0 unspecified atom stereocenters. The molecule has 0 saturated heterocycles. The Bertz CT molecular complexity index is 994. The van der Waals surface area contributed by atoms with Crippen molar-refractivity contribution >= 4 is 10.9 Å². The zero-order valence-electron chi connectivity index (χ0n) is 13.8. The third-order valence-electron chi connectivity index (χ3n) is 4.13. The fraction of sp³-hybridized carbons (Fsp3) is 0.294. The lowest BCUT2D eigenvalue weighted by Gasteiger charge is -2.04. The number of aromatic nitrogens is 6. The topological polar surface area (TPSA) is 85.4 Å². The lowest BCUT2D eigenvalue weighted by Crippen LogP contribution is -1.97. The molecule has 4 aromatic rings. The molecule has 3 heterocycles. The second-order valence-electron chi connectivity index (χ2n) is 6.21. The maximum absolute atomic E-state index is 5.48. The van der Waals surface area contributed by atoms with Gasteiger partial charge in [0.15, 0.2) is 5.82 Å². The average Bonchev–Trinajstić information content (AvgIpc) is 3.25. The van der Waals surface area contributed by atoms with Crippen molar-refractivity contribution in [1.82, 2.24) is 30.1 Å². The summed E-state index contributed by atoms with van der Waals surface area (Å²) in [7, 11) is 1.89. The monoisotopic (exact) mass is 322 g/mol. The van der Waals surface area contributed by atoms with Crippen LogP contribution in [0.25, 0.3) is 22.5 Å². The molecule has 24 heavy (non-hydrogen) atoms. The van der Waals surface area contributed by atoms with Gasteiger partial charge in [0.1, 0.15) is 5.69 Å². The van der Waals surface area contributed by atoms with E-state index >= 15 is 0 Å². The quantitative estimate of drug-likeness (QED) is 0.624. The second-order valence-corrected chi connectivity index (χ2v) is 6.21. The van der Waals surface area contributed by atoms with Crippen LogP contribution in [0.5, 0.6) is 0 Å². The van der Waals surface area contributed by atoms with Crippen LogP contribution in [0.1, 0.15) is 36.7 Å². The smallest absolute Gasteiger partial charge is 0.276 e. The predicted octanol–water partition coefficient (Wildman–Crippen LogP) is 3.06. The Morgan fingerprint density at radius 3 is 2.96 bits per heavy atom. The molecule has 3 aromatic heterocycles. The number of nitrogens with one attached hydrogen (secondary N) is 1. The Morgan fingerprint density at radius 2 is 2.12 bits per heavy atom. The molecule has 0 fully saturated rings. The van der Waals surface area contributed by atoms with Gasteiger partial charge in [0, 0.05) is 24.4 Å². The number of hydrogen-bond donors (Lipinski definition) is 1. The Balaban J connectivity index is 1.64. The second kappa shape index (κ2) is 5.59. The largest absolute Gasteiger partial charge is 0.332 e. The molecule has 0 aliphatic carbocycles. The molecule has 0 radical (unpaired) electrons. The van der Waals surface area contributed by atoms with Gasteiger partial charge in [-0.25, -0.2) is 0 Å². The summed E-state index contributed by atoms with van der Waals surface area (Å²) in [5.41, 5.74) is 4.12. The van der Waals surface area contributed by atoms with Crippen LogP contribution in [0.15, 0.2) is 35.1 Å². The van der Waals surface area contributed by atoms with E-state index in [1.54, 1.807) is 4.68 Å². The molecule has 122 valence electrons. The maximum Gasteiger partial charge on any atom is 0.276 e. The highest BCUT2D eigenvalue weighted by Gasteiger charge is 2.19. The van der Waals surface area contributed by atoms with E-state index in [0.29, 0.717) is 24.1 Å². The van der Waals surface area contributed by atoms with Crippen LogP contribution < -0.4 is 0 Å². The number of rotatable bonds is 4. The average molecular weight is 322 g/mol. The van der Waals surface area contributed by atoms with Crippen LogP contribution in [0.3, 0.4) is 0 Å². The van der Waals surface area contributed by atoms with Crippen molar-refractivity contribution in [3.63, 3.8) is 0 Å². The standard InChI is InChI=1S/C17H18N6O/c1-10(2)13-9-19-23(3)16(13)17-20-15(22-24-17)7-11-4-5-14-12(6-11)8-18-21-14/h4-6,8-10H,7H2,1-3H3,(H,18,21). The van der Waals surface area contributed by atoms with E-state index in [1.807, 2.05) is 31.6 Å². The number of fused-ring (bicyclic) bond motifs is 1. The molecular formula is C17H18N6O. The molecule has 0 amide bonds. The van der Waals surface area contributed by atoms with Crippen molar-refractivity contribution in [1.29, 1.82) is 0 Å². The molecule has 7 heteroatoms. The minimum Gasteiger partial charge on any atom is -0.332 e. The third-order valence-corrected chi connectivity index (χ3v) is 4.13. The molecule has 0 aliphatic heterocycles. The summed E-state index contributed by atoms with van der Waals surface area (Å²) in [5, 5.41) is 16.5. The zero-order chi connectivity index (χ0) is 16.7. The zero-order valence-corrected chi connectivity index (χ0v) is 13.8. The number of aryl methyl sites for hydroxylation is 1. The summed E-state index contributed by atoms with van der Waals surface area (Å²) >= 11 is 0. The Hall–Kier alpha value is -2.96. The number of aromatic amines is 1. The van der Waals surface area contributed by atoms with Gasteiger partial charge < -0.3 is 4.52 Å². The van der Waals surface area contributed by atoms with E-state index < -0.39 is 0 Å². The number of benzene rings is 1. The Labute approximate surface area is 138 Å². The highest BCUT2D eigenvalue weighted by Crippen LogP contribution is 2.27. The summed E-state index contributed by atoms with van der Waals surface area (Å²) < 4.78 is 7.27. The van der Waals surface area contributed by atoms with Gasteiger partial charge in [-0.15, -0.1) is 0 Å². The van der Waals surface area contributed by atoms with Gasteiger partial charge in [-0.1, -0.05) is 25.1 Å².